The van der Waals surface area contributed by atoms with Crippen LogP contribution in [0.5, 0.6) is 0 Å². The number of imidazole rings is 1. The highest BCUT2D eigenvalue weighted by Crippen LogP contribution is 2.34. The van der Waals surface area contributed by atoms with Crippen LogP contribution in [0.3, 0.4) is 0 Å². The summed E-state index contributed by atoms with van der Waals surface area (Å²) < 4.78 is 53.1. The van der Waals surface area contributed by atoms with Crippen molar-refractivity contribution < 1.29 is 22.4 Å². The van der Waals surface area contributed by atoms with E-state index in [4.69, 9.17) is 0 Å². The summed E-state index contributed by atoms with van der Waals surface area (Å²) in [6.07, 6.45) is 0.500. The van der Waals surface area contributed by atoms with Gasteiger partial charge in [0.15, 0.2) is 0 Å². The normalized spacial score (nSPS) is 18.1. The van der Waals surface area contributed by atoms with Crippen LogP contribution in [0.15, 0.2) is 48.8 Å². The number of fused-ring (bicyclic) bond motifs is 2. The van der Waals surface area contributed by atoms with E-state index in [0.717, 1.165) is 38.2 Å². The fraction of sp³-hybridized carbons (Fsp3) is 0.308. The lowest BCUT2D eigenvalue weighted by Crippen LogP contribution is -2.52. The predicted molar refractivity (Wildman–Crippen MR) is 132 cm³/mol. The zero-order chi connectivity index (χ0) is 26.4. The average molecular weight is 526 g/mol. The number of carbonyl (C=O) groups excluding carboxylic acids is 1. The molecule has 2 N–H and O–H groups in total. The number of aromatic nitrogens is 4. The second-order valence-electron chi connectivity index (χ2n) is 9.50. The maximum atomic E-state index is 13.7. The first-order valence-electron chi connectivity index (χ1n) is 12.2. The molecule has 0 radical (unpaired) electrons. The number of H-pyrrole nitrogens is 1. The van der Waals surface area contributed by atoms with Gasteiger partial charge in [-0.15, -0.1) is 0 Å². The van der Waals surface area contributed by atoms with Gasteiger partial charge in [-0.2, -0.15) is 13.2 Å². The summed E-state index contributed by atoms with van der Waals surface area (Å²) in [4.78, 5) is 33.4. The van der Waals surface area contributed by atoms with Gasteiger partial charge in [0, 0.05) is 49.1 Å². The minimum absolute atomic E-state index is 0.0418. The molecule has 1 unspecified atom stereocenters. The van der Waals surface area contributed by atoms with Gasteiger partial charge in [-0.05, 0) is 49.7 Å². The summed E-state index contributed by atoms with van der Waals surface area (Å²) >= 11 is 0. The first kappa shape index (κ1) is 24.3. The van der Waals surface area contributed by atoms with Crippen molar-refractivity contribution >= 4 is 28.6 Å². The summed E-state index contributed by atoms with van der Waals surface area (Å²) in [5.41, 5.74) is 0.189. The van der Waals surface area contributed by atoms with E-state index in [1.54, 1.807) is 24.4 Å². The number of nitrogens with one attached hydrogen (secondary N) is 2. The number of rotatable bonds is 4. The second-order valence-corrected chi connectivity index (χ2v) is 9.50. The number of aromatic amines is 1. The molecule has 4 aromatic rings. The van der Waals surface area contributed by atoms with Crippen LogP contribution >= 0.6 is 0 Å². The first-order valence-corrected chi connectivity index (χ1v) is 12.2. The highest BCUT2D eigenvalue weighted by Gasteiger charge is 2.35. The minimum Gasteiger partial charge on any atom is -0.337 e. The van der Waals surface area contributed by atoms with Gasteiger partial charge in [0.25, 0.3) is 5.91 Å². The molecule has 0 spiro atoms. The van der Waals surface area contributed by atoms with Crippen molar-refractivity contribution in [3.05, 3.63) is 65.7 Å². The predicted octanol–water partition coefficient (Wildman–Crippen LogP) is 4.84. The molecule has 5 heterocycles. The standard InChI is InChI=1S/C26H23F4N7O/c27-19-4-3-15(10-18(19)26(28,29)30)24-33-20-12-23(32-13-21(20)34-24)35-22-11-16(5-6-31-22)25(38)37-9-8-36-7-1-2-17(36)14-37/h3-6,10-13,17H,1-2,7-9,14H2,(H,33,34)(H,31,32,35). The van der Waals surface area contributed by atoms with Crippen LogP contribution in [0, 0.1) is 5.82 Å². The summed E-state index contributed by atoms with van der Waals surface area (Å²) in [6, 6.07) is 8.11. The van der Waals surface area contributed by atoms with Crippen molar-refractivity contribution in [3.8, 4) is 11.4 Å². The van der Waals surface area contributed by atoms with Gasteiger partial charge in [-0.1, -0.05) is 0 Å². The van der Waals surface area contributed by atoms with Gasteiger partial charge >= 0.3 is 6.18 Å². The van der Waals surface area contributed by atoms with Crippen molar-refractivity contribution in [2.45, 2.75) is 25.1 Å². The van der Waals surface area contributed by atoms with Gasteiger partial charge in [-0.25, -0.2) is 19.3 Å². The molecular formula is C26H23F4N7O. The number of benzene rings is 1. The number of halogens is 4. The molecule has 2 aliphatic heterocycles. The second kappa shape index (κ2) is 9.35. The van der Waals surface area contributed by atoms with Crippen molar-refractivity contribution in [2.75, 3.05) is 31.5 Å². The van der Waals surface area contributed by atoms with Crippen LogP contribution in [0.2, 0.25) is 0 Å². The molecule has 196 valence electrons. The zero-order valence-electron chi connectivity index (χ0n) is 20.1. The minimum atomic E-state index is -4.82. The molecule has 2 saturated heterocycles. The molecule has 1 atom stereocenters. The fourth-order valence-corrected chi connectivity index (χ4v) is 5.13. The molecule has 12 heteroatoms. The van der Waals surface area contributed by atoms with E-state index in [2.05, 4.69) is 30.2 Å². The molecular weight excluding hydrogens is 502 g/mol. The van der Waals surface area contributed by atoms with Crippen LogP contribution in [0.4, 0.5) is 29.2 Å². The zero-order valence-corrected chi connectivity index (χ0v) is 20.1. The largest absolute Gasteiger partial charge is 0.419 e. The molecule has 3 aromatic heterocycles. The lowest BCUT2D eigenvalue weighted by atomic mass is 10.1. The fourth-order valence-electron chi connectivity index (χ4n) is 5.13. The monoisotopic (exact) mass is 525 g/mol. The van der Waals surface area contributed by atoms with Crippen LogP contribution in [0.25, 0.3) is 22.4 Å². The van der Waals surface area contributed by atoms with E-state index < -0.39 is 17.6 Å². The van der Waals surface area contributed by atoms with Gasteiger partial charge in [-0.3, -0.25) is 9.69 Å². The number of anilines is 2. The van der Waals surface area contributed by atoms with Gasteiger partial charge < -0.3 is 15.2 Å². The van der Waals surface area contributed by atoms with E-state index in [-0.39, 0.29) is 17.3 Å². The van der Waals surface area contributed by atoms with Gasteiger partial charge in [0.2, 0.25) is 0 Å². The van der Waals surface area contributed by atoms with E-state index in [1.807, 2.05) is 4.90 Å². The SMILES string of the molecule is O=C(c1ccnc(Nc2cc3nc(-c4ccc(F)c(C(F)(F)F)c4)[nH]c3cn2)c1)N1CCN2CCCC2C1. The summed E-state index contributed by atoms with van der Waals surface area (Å²) in [5.74, 6) is -0.425. The third kappa shape index (κ3) is 4.67. The van der Waals surface area contributed by atoms with Crippen LogP contribution in [-0.2, 0) is 6.18 Å². The molecule has 2 fully saturated rings. The smallest absolute Gasteiger partial charge is 0.337 e. The Labute approximate surface area is 214 Å². The first-order chi connectivity index (χ1) is 18.2. The average Bonchev–Trinajstić information content (AvgIpc) is 3.54. The lowest BCUT2D eigenvalue weighted by molar-refractivity contribution is -0.139. The molecule has 1 aromatic carbocycles. The Morgan fingerprint density at radius 3 is 2.74 bits per heavy atom. The lowest BCUT2D eigenvalue weighted by Gasteiger charge is -2.37. The van der Waals surface area contributed by atoms with Crippen LogP contribution in [0.1, 0.15) is 28.8 Å². The third-order valence-electron chi connectivity index (χ3n) is 7.05. The van der Waals surface area contributed by atoms with E-state index in [0.29, 0.717) is 40.8 Å². The Morgan fingerprint density at radius 2 is 1.89 bits per heavy atom. The molecule has 2 aliphatic rings. The quantitative estimate of drug-likeness (QED) is 0.371. The summed E-state index contributed by atoms with van der Waals surface area (Å²) in [6.45, 7) is 3.40. The highest BCUT2D eigenvalue weighted by atomic mass is 19.4. The van der Waals surface area contributed by atoms with Crippen molar-refractivity contribution in [1.82, 2.24) is 29.7 Å². The Balaban J connectivity index is 1.20. The van der Waals surface area contributed by atoms with Gasteiger partial charge in [0.05, 0.1) is 22.8 Å². The van der Waals surface area contributed by atoms with E-state index >= 15 is 0 Å². The highest BCUT2D eigenvalue weighted by molar-refractivity contribution is 5.95. The molecule has 0 saturated carbocycles. The van der Waals surface area contributed by atoms with E-state index in [1.165, 1.54) is 18.7 Å². The molecule has 38 heavy (non-hydrogen) atoms. The number of carbonyl (C=O) groups is 1. The molecule has 1 amide bonds. The summed E-state index contributed by atoms with van der Waals surface area (Å²) in [7, 11) is 0. The van der Waals surface area contributed by atoms with Crippen molar-refractivity contribution in [1.29, 1.82) is 0 Å². The third-order valence-corrected chi connectivity index (χ3v) is 7.05. The Bertz CT molecular complexity index is 1520. The number of hydrogen-bond donors (Lipinski definition) is 2. The van der Waals surface area contributed by atoms with Crippen molar-refractivity contribution in [2.24, 2.45) is 0 Å². The number of pyridine rings is 2. The topological polar surface area (TPSA) is 90.0 Å². The molecule has 6 rings (SSSR count). The Hall–Kier alpha value is -4.06. The maximum Gasteiger partial charge on any atom is 0.419 e. The van der Waals surface area contributed by atoms with E-state index in [9.17, 15) is 22.4 Å². The number of piperazine rings is 1. The Morgan fingerprint density at radius 1 is 1.05 bits per heavy atom. The number of nitrogens with zero attached hydrogens (tertiary/aromatic N) is 5. The van der Waals surface area contributed by atoms with Gasteiger partial charge in [0.1, 0.15) is 23.3 Å². The number of hydrogen-bond acceptors (Lipinski definition) is 6. The number of alkyl halides is 3. The molecule has 8 nitrogen and oxygen atoms in total. The molecule has 0 aliphatic carbocycles. The molecule has 0 bridgehead atoms. The van der Waals surface area contributed by atoms with Crippen LogP contribution in [-0.4, -0.2) is 67.9 Å². The van der Waals surface area contributed by atoms with Crippen LogP contribution < -0.4 is 5.32 Å². The maximum absolute atomic E-state index is 13.7. The Kier molecular flexibility index (Phi) is 5.98. The number of amides is 1. The van der Waals surface area contributed by atoms with Crippen molar-refractivity contribution in [3.63, 3.8) is 0 Å². The summed E-state index contributed by atoms with van der Waals surface area (Å²) in [5, 5.41) is 3.06.